The van der Waals surface area contributed by atoms with Gasteiger partial charge < -0.3 is 11.1 Å². The van der Waals surface area contributed by atoms with E-state index in [1.54, 1.807) is 11.6 Å². The molecule has 22 heavy (non-hydrogen) atoms. The van der Waals surface area contributed by atoms with Crippen LogP contribution < -0.4 is 11.1 Å². The molecule has 1 amide bonds. The lowest BCUT2D eigenvalue weighted by Gasteiger charge is -2.14. The summed E-state index contributed by atoms with van der Waals surface area (Å²) in [5.74, 6) is 0.407. The number of amides is 1. The van der Waals surface area contributed by atoms with Crippen molar-refractivity contribution in [2.24, 2.45) is 5.73 Å². The zero-order valence-electron chi connectivity index (χ0n) is 13.8. The molecular formula is C17H24N4O. The molecule has 0 saturated heterocycles. The molecule has 1 aromatic carbocycles. The van der Waals surface area contributed by atoms with Gasteiger partial charge in [0.1, 0.15) is 5.82 Å². The number of hydrogen-bond acceptors (Lipinski definition) is 3. The zero-order chi connectivity index (χ0) is 16.5. The highest BCUT2D eigenvalue weighted by molar-refractivity contribution is 5.94. The second kappa shape index (κ2) is 5.93. The predicted octanol–water partition coefficient (Wildman–Crippen LogP) is 2.76. The lowest BCUT2D eigenvalue weighted by Crippen LogP contribution is -2.33. The van der Waals surface area contributed by atoms with Gasteiger partial charge in [-0.15, -0.1) is 0 Å². The molecule has 0 bridgehead atoms. The Kier molecular flexibility index (Phi) is 4.37. The summed E-state index contributed by atoms with van der Waals surface area (Å²) >= 11 is 0. The summed E-state index contributed by atoms with van der Waals surface area (Å²) in [6.07, 6.45) is 0. The monoisotopic (exact) mass is 300 g/mol. The average molecular weight is 300 g/mol. The van der Waals surface area contributed by atoms with Crippen LogP contribution in [0.25, 0.3) is 5.69 Å². The Labute approximate surface area is 131 Å². The Balaban J connectivity index is 2.48. The number of hydrogen-bond donors (Lipinski definition) is 2. The average Bonchev–Trinajstić information content (AvgIpc) is 2.83. The number of aromatic nitrogens is 2. The molecule has 0 aliphatic heterocycles. The second-order valence-corrected chi connectivity index (χ2v) is 6.69. The zero-order valence-corrected chi connectivity index (χ0v) is 13.8. The van der Waals surface area contributed by atoms with Gasteiger partial charge in [0.25, 0.3) is 0 Å². The van der Waals surface area contributed by atoms with Crippen LogP contribution in [0.5, 0.6) is 0 Å². The Hall–Kier alpha value is -2.14. The standard InChI is InChI=1S/C17H24N4O/c1-11-6-8-13(9-7-11)21-15(19-16(22)12(2)18)10-14(20-21)17(3,4)5/h6-10,12H,18H2,1-5H3,(H,19,22)/t12-/m0/s1. The van der Waals surface area contributed by atoms with Crippen molar-refractivity contribution in [3.8, 4) is 5.69 Å². The molecule has 2 aromatic rings. The van der Waals surface area contributed by atoms with Crippen molar-refractivity contribution in [1.29, 1.82) is 0 Å². The van der Waals surface area contributed by atoms with Crippen molar-refractivity contribution in [2.45, 2.75) is 46.1 Å². The highest BCUT2D eigenvalue weighted by Gasteiger charge is 2.22. The molecule has 0 aliphatic carbocycles. The fourth-order valence-corrected chi connectivity index (χ4v) is 1.96. The van der Waals surface area contributed by atoms with Crippen LogP contribution in [0.3, 0.4) is 0 Å². The normalized spacial score (nSPS) is 13.0. The van der Waals surface area contributed by atoms with Gasteiger partial charge >= 0.3 is 0 Å². The fraction of sp³-hybridized carbons (Fsp3) is 0.412. The summed E-state index contributed by atoms with van der Waals surface area (Å²) in [4.78, 5) is 11.9. The highest BCUT2D eigenvalue weighted by atomic mass is 16.2. The van der Waals surface area contributed by atoms with E-state index in [1.165, 1.54) is 5.56 Å². The summed E-state index contributed by atoms with van der Waals surface area (Å²) in [5, 5.41) is 7.51. The maximum atomic E-state index is 11.9. The van der Waals surface area contributed by atoms with Gasteiger partial charge in [-0.3, -0.25) is 4.79 Å². The molecule has 0 aliphatic rings. The van der Waals surface area contributed by atoms with E-state index in [9.17, 15) is 4.79 Å². The van der Waals surface area contributed by atoms with Crippen LogP contribution >= 0.6 is 0 Å². The van der Waals surface area contributed by atoms with Gasteiger partial charge in [0, 0.05) is 11.5 Å². The highest BCUT2D eigenvalue weighted by Crippen LogP contribution is 2.26. The van der Waals surface area contributed by atoms with E-state index in [4.69, 9.17) is 5.73 Å². The van der Waals surface area contributed by atoms with Gasteiger partial charge in [-0.25, -0.2) is 4.68 Å². The van der Waals surface area contributed by atoms with Crippen molar-refractivity contribution >= 4 is 11.7 Å². The Bertz CT molecular complexity index is 663. The van der Waals surface area contributed by atoms with Crippen molar-refractivity contribution in [1.82, 2.24) is 9.78 Å². The SMILES string of the molecule is Cc1ccc(-n2nc(C(C)(C)C)cc2NC(=O)[C@H](C)N)cc1. The van der Waals surface area contributed by atoms with E-state index in [1.807, 2.05) is 37.3 Å². The number of carbonyl (C=O) groups excluding carboxylic acids is 1. The molecule has 5 heteroatoms. The number of nitrogens with one attached hydrogen (secondary N) is 1. The molecule has 118 valence electrons. The first-order valence-electron chi connectivity index (χ1n) is 7.42. The van der Waals surface area contributed by atoms with Crippen LogP contribution in [0, 0.1) is 6.92 Å². The number of benzene rings is 1. The summed E-state index contributed by atoms with van der Waals surface area (Å²) in [6, 6.07) is 9.34. The van der Waals surface area contributed by atoms with Crippen molar-refractivity contribution < 1.29 is 4.79 Å². The molecule has 1 aromatic heterocycles. The van der Waals surface area contributed by atoms with Crippen molar-refractivity contribution in [3.63, 3.8) is 0 Å². The first-order valence-corrected chi connectivity index (χ1v) is 7.42. The molecule has 1 heterocycles. The third kappa shape index (κ3) is 3.54. The number of carbonyl (C=O) groups is 1. The number of aryl methyl sites for hydroxylation is 1. The third-order valence-electron chi connectivity index (χ3n) is 3.42. The number of rotatable bonds is 3. The molecular weight excluding hydrogens is 276 g/mol. The van der Waals surface area contributed by atoms with E-state index >= 15 is 0 Å². The Morgan fingerprint density at radius 1 is 1.27 bits per heavy atom. The molecule has 0 fully saturated rings. The molecule has 3 N–H and O–H groups in total. The first-order chi connectivity index (χ1) is 10.2. The Morgan fingerprint density at radius 3 is 2.36 bits per heavy atom. The van der Waals surface area contributed by atoms with E-state index in [-0.39, 0.29) is 11.3 Å². The first kappa shape index (κ1) is 16.2. The minimum Gasteiger partial charge on any atom is -0.320 e. The van der Waals surface area contributed by atoms with Crippen LogP contribution in [0.4, 0.5) is 5.82 Å². The van der Waals surface area contributed by atoms with Gasteiger partial charge in [0.2, 0.25) is 5.91 Å². The van der Waals surface area contributed by atoms with Gasteiger partial charge in [-0.1, -0.05) is 38.5 Å². The maximum Gasteiger partial charge on any atom is 0.242 e. The Morgan fingerprint density at radius 2 is 1.86 bits per heavy atom. The lowest BCUT2D eigenvalue weighted by molar-refractivity contribution is -0.117. The summed E-state index contributed by atoms with van der Waals surface area (Å²) < 4.78 is 1.75. The van der Waals surface area contributed by atoms with Crippen LogP contribution in [-0.4, -0.2) is 21.7 Å². The number of nitrogens with zero attached hydrogens (tertiary/aromatic N) is 2. The molecule has 2 rings (SSSR count). The van der Waals surface area contributed by atoms with Crippen LogP contribution in [0.2, 0.25) is 0 Å². The molecule has 0 saturated carbocycles. The van der Waals surface area contributed by atoms with Gasteiger partial charge in [-0.05, 0) is 26.0 Å². The maximum absolute atomic E-state index is 11.9. The second-order valence-electron chi connectivity index (χ2n) is 6.69. The summed E-state index contributed by atoms with van der Waals surface area (Å²) in [6.45, 7) is 9.96. The minimum atomic E-state index is -0.570. The molecule has 0 spiro atoms. The molecule has 0 unspecified atom stereocenters. The molecule has 5 nitrogen and oxygen atoms in total. The van der Waals surface area contributed by atoms with E-state index in [0.717, 1.165) is 11.4 Å². The topological polar surface area (TPSA) is 72.9 Å². The van der Waals surface area contributed by atoms with Crippen molar-refractivity contribution in [3.05, 3.63) is 41.6 Å². The molecule has 1 atom stereocenters. The number of nitrogens with two attached hydrogens (primary N) is 1. The predicted molar refractivity (Wildman–Crippen MR) is 89.3 cm³/mol. The van der Waals surface area contributed by atoms with Gasteiger partial charge in [0.05, 0.1) is 17.4 Å². The third-order valence-corrected chi connectivity index (χ3v) is 3.42. The van der Waals surface area contributed by atoms with Crippen molar-refractivity contribution in [2.75, 3.05) is 5.32 Å². The molecule has 0 radical (unpaired) electrons. The minimum absolute atomic E-state index is 0.107. The summed E-state index contributed by atoms with van der Waals surface area (Å²) in [5.41, 5.74) is 8.52. The quantitative estimate of drug-likeness (QED) is 0.915. The smallest absolute Gasteiger partial charge is 0.242 e. The van der Waals surface area contributed by atoms with Gasteiger partial charge in [-0.2, -0.15) is 5.10 Å². The lowest BCUT2D eigenvalue weighted by atomic mass is 9.92. The van der Waals surface area contributed by atoms with Crippen LogP contribution in [0.15, 0.2) is 30.3 Å². The summed E-state index contributed by atoms with van der Waals surface area (Å²) in [7, 11) is 0. The number of anilines is 1. The largest absolute Gasteiger partial charge is 0.320 e. The van der Waals surface area contributed by atoms with E-state index in [0.29, 0.717) is 5.82 Å². The fourth-order valence-electron chi connectivity index (χ4n) is 1.96. The van der Waals surface area contributed by atoms with E-state index in [2.05, 4.69) is 31.2 Å². The van der Waals surface area contributed by atoms with Crippen LogP contribution in [-0.2, 0) is 10.2 Å². The van der Waals surface area contributed by atoms with Gasteiger partial charge in [0.15, 0.2) is 0 Å². The van der Waals surface area contributed by atoms with Crippen LogP contribution in [0.1, 0.15) is 39.0 Å². The van der Waals surface area contributed by atoms with E-state index < -0.39 is 6.04 Å².